The van der Waals surface area contributed by atoms with Gasteiger partial charge in [0, 0.05) is 21.8 Å². The molecule has 45 heavy (non-hydrogen) atoms. The van der Waals surface area contributed by atoms with Crippen LogP contribution in [0.25, 0.3) is 0 Å². The number of rotatable bonds is 4. The maximum Gasteiger partial charge on any atom is 0.249 e. The topological polar surface area (TPSA) is 201 Å². The van der Waals surface area contributed by atoms with Gasteiger partial charge in [0.15, 0.2) is 12.8 Å². The number of nitrogens with zero attached hydrogens (tertiary/aromatic N) is 9. The lowest BCUT2D eigenvalue weighted by Gasteiger charge is -2.73. The Morgan fingerprint density at radius 2 is 1.69 bits per heavy atom. The highest BCUT2D eigenvalue weighted by Gasteiger charge is 2.67. The molecular formula is C20H36B3N11O10P. The lowest BCUT2D eigenvalue weighted by atomic mass is 9.23. The summed E-state index contributed by atoms with van der Waals surface area (Å²) in [6, 6.07) is -2.14. The average molecular weight is 654 g/mol. The highest BCUT2D eigenvalue weighted by Crippen LogP contribution is 2.45. The molecule has 9 fully saturated rings. The summed E-state index contributed by atoms with van der Waals surface area (Å²) in [7, 11) is 8.85. The molecule has 9 heterocycles. The van der Waals surface area contributed by atoms with E-state index < -0.39 is 87.4 Å². The Morgan fingerprint density at radius 3 is 2.38 bits per heavy atom. The van der Waals surface area contributed by atoms with Gasteiger partial charge in [-0.3, -0.25) is 0 Å². The molecule has 0 aromatic rings. The van der Waals surface area contributed by atoms with Crippen molar-refractivity contribution in [2.45, 2.75) is 79.2 Å². The van der Waals surface area contributed by atoms with E-state index in [1.165, 1.54) is 0 Å². The lowest BCUT2D eigenvalue weighted by molar-refractivity contribution is -0.650. The minimum atomic E-state index is -3.83. The van der Waals surface area contributed by atoms with Crippen LogP contribution in [0.2, 0.25) is 0 Å². The van der Waals surface area contributed by atoms with Crippen LogP contribution in [-0.2, 0) is 23.5 Å². The fourth-order valence-corrected chi connectivity index (χ4v) is 8.44. The van der Waals surface area contributed by atoms with Crippen LogP contribution in [0.3, 0.4) is 0 Å². The second-order valence-electron chi connectivity index (χ2n) is 12.9. The molecule has 9 aliphatic heterocycles. The maximum atomic E-state index is 11.5. The molecule has 25 heteroatoms. The van der Waals surface area contributed by atoms with Crippen LogP contribution in [0.15, 0.2) is 0 Å². The van der Waals surface area contributed by atoms with Gasteiger partial charge in [0.1, 0.15) is 62.4 Å². The fraction of sp³-hybridized carbons (Fsp3) is 0.950. The van der Waals surface area contributed by atoms with Crippen LogP contribution in [0.5, 0.6) is 0 Å². The third-order valence-electron chi connectivity index (χ3n) is 10.5. The molecule has 10 unspecified atom stereocenters. The van der Waals surface area contributed by atoms with Crippen molar-refractivity contribution in [3.63, 3.8) is 0 Å². The molecule has 9 rings (SSSR count). The number of hydrogen-bond donors (Lipinski definition) is 7. The van der Waals surface area contributed by atoms with E-state index in [9.17, 15) is 25.1 Å². The Kier molecular flexibility index (Phi) is 7.21. The van der Waals surface area contributed by atoms with E-state index in [-0.39, 0.29) is 19.3 Å². The number of aliphatic hydroxyl groups is 3. The zero-order chi connectivity index (χ0) is 31.3. The number of likely N-dealkylation sites (N-methyl/N-ethyl adjacent to an activating group) is 2. The molecule has 0 aromatic heterocycles. The van der Waals surface area contributed by atoms with Crippen molar-refractivity contribution in [1.29, 1.82) is 0 Å². The Labute approximate surface area is 260 Å². The van der Waals surface area contributed by atoms with Crippen molar-refractivity contribution >= 4 is 35.6 Å². The van der Waals surface area contributed by atoms with Gasteiger partial charge in [-0.1, -0.05) is 0 Å². The lowest BCUT2D eigenvalue weighted by Crippen LogP contribution is -3.00. The number of hydrazine groups is 9. The van der Waals surface area contributed by atoms with E-state index in [2.05, 4.69) is 27.4 Å². The second-order valence-corrected chi connectivity index (χ2v) is 14.4. The van der Waals surface area contributed by atoms with E-state index in [0.717, 1.165) is 0 Å². The molecule has 9 aliphatic rings. The molecule has 0 amide bonds. The number of nitrogens with one attached hydrogen (secondary N) is 2. The molecule has 9 saturated heterocycles. The van der Waals surface area contributed by atoms with Crippen molar-refractivity contribution < 1.29 is 48.6 Å². The van der Waals surface area contributed by atoms with Crippen LogP contribution in [0.1, 0.15) is 0 Å². The van der Waals surface area contributed by atoms with Crippen molar-refractivity contribution in [2.24, 2.45) is 0 Å². The molecule has 0 spiro atoms. The van der Waals surface area contributed by atoms with Crippen molar-refractivity contribution in [3.05, 3.63) is 0 Å². The quantitative estimate of drug-likeness (QED) is 0.111. The second kappa shape index (κ2) is 10.6. The molecule has 0 aromatic carbocycles. The molecule has 0 saturated carbocycles. The van der Waals surface area contributed by atoms with Crippen molar-refractivity contribution in [1.82, 2.24) is 56.6 Å². The van der Waals surface area contributed by atoms with Gasteiger partial charge < -0.3 is 53.4 Å². The van der Waals surface area contributed by atoms with E-state index in [4.69, 9.17) is 31.2 Å². The van der Waals surface area contributed by atoms with E-state index in [0.29, 0.717) is 13.3 Å². The first kappa shape index (κ1) is 30.7. The minimum absolute atomic E-state index is 0.0652. The van der Waals surface area contributed by atoms with Gasteiger partial charge in [0.25, 0.3) is 0 Å². The van der Waals surface area contributed by atoms with Crippen molar-refractivity contribution in [2.75, 3.05) is 40.6 Å². The van der Waals surface area contributed by atoms with E-state index in [1.807, 2.05) is 49.6 Å². The summed E-state index contributed by atoms with van der Waals surface area (Å²) in [4.78, 5) is 21.6. The van der Waals surface area contributed by atoms with Gasteiger partial charge in [-0.2, -0.15) is 5.01 Å². The molecule has 7 N–H and O–H groups in total. The van der Waals surface area contributed by atoms with Gasteiger partial charge >= 0.3 is 0 Å². The molecule has 0 aliphatic carbocycles. The Bertz CT molecular complexity index is 1260. The van der Waals surface area contributed by atoms with Gasteiger partial charge in [-0.05, 0) is 22.7 Å². The highest BCUT2D eigenvalue weighted by molar-refractivity contribution is 7.57. The van der Waals surface area contributed by atoms with Crippen LogP contribution < -0.4 is 11.1 Å². The van der Waals surface area contributed by atoms with Crippen LogP contribution in [0.4, 0.5) is 0 Å². The standard InChI is InChI=1S/C20H36B3N11O10P/c1-26-10-16(23(21)17-13(37)14(44-19(10)27(26)2)9(43-17)5-41-45(3,38)39)32-18-20(40-4-8-11(35)12(36)15(22-32)42-8)29-7-31-30(6-28(18)29)33-24-25-34(31)33/h8-20,24-25,35-39H,3-7H2,1-2H3/t8?,9?,10-,11?,12?,13?,14?,15?,16-,17?,18+,19?,20?/m0/s1. The summed E-state index contributed by atoms with van der Waals surface area (Å²) in [5.74, 6) is -0.593. The van der Waals surface area contributed by atoms with Gasteiger partial charge in [-0.25, -0.2) is 15.0 Å². The summed E-state index contributed by atoms with van der Waals surface area (Å²) in [5.41, 5.74) is 5.98. The molecule has 13 atom stereocenters. The Morgan fingerprint density at radius 1 is 0.978 bits per heavy atom. The predicted molar refractivity (Wildman–Crippen MR) is 151 cm³/mol. The predicted octanol–water partition coefficient (Wildman–Crippen LogP) is -7.87. The van der Waals surface area contributed by atoms with Crippen LogP contribution in [-0.4, -0.2) is 219 Å². The first-order valence-corrected chi connectivity index (χ1v) is 16.7. The molecule has 245 valence electrons. The molecule has 3 radical (unpaired) electrons. The van der Waals surface area contributed by atoms with Crippen LogP contribution >= 0.6 is 7.57 Å². The van der Waals surface area contributed by atoms with Gasteiger partial charge in [0.05, 0.1) is 31.3 Å². The smallest absolute Gasteiger partial charge is 0.249 e. The van der Waals surface area contributed by atoms with E-state index >= 15 is 0 Å². The summed E-state index contributed by atoms with van der Waals surface area (Å²) < 4.78 is 30.5. The maximum absolute atomic E-state index is 11.5. The monoisotopic (exact) mass is 654 g/mol. The largest absolute Gasteiger partial charge is 0.388 e. The highest BCUT2D eigenvalue weighted by atomic mass is 31.2. The zero-order valence-electron chi connectivity index (χ0n) is 24.5. The number of ether oxygens (including phenoxy) is 4. The van der Waals surface area contributed by atoms with Crippen molar-refractivity contribution in [3.8, 4) is 0 Å². The number of fused-ring (bicyclic) bond motifs is 13. The first-order valence-electron chi connectivity index (χ1n) is 14.9. The van der Waals surface area contributed by atoms with Gasteiger partial charge in [0.2, 0.25) is 15.0 Å². The summed E-state index contributed by atoms with van der Waals surface area (Å²) in [6.07, 6.45) is -4.16. The Hall–Kier alpha value is -0.345. The van der Waals surface area contributed by atoms with Crippen LogP contribution in [0, 0.1) is 0 Å². The number of hydrogen-bond acceptors (Lipinski definition) is 21. The molecule has 21 nitrogen and oxygen atoms in total. The first-order chi connectivity index (χ1) is 21.4. The third kappa shape index (κ3) is 4.37. The molecular weight excluding hydrogens is 618 g/mol. The normalized spacial score (nSPS) is 50.1. The SMILES string of the molecule is [B]B1C2OC(COP(=C)(O)O)C(OC3[C@H]([C@@H]1N1[B]C4OC(COC5[C@@H]1N1CN6N(CN51)N1NNN61)C(O)C4O)N(C)N3C)C2O. The summed E-state index contributed by atoms with van der Waals surface area (Å²) >= 11 is 0. The summed E-state index contributed by atoms with van der Waals surface area (Å²) in [5, 5.41) is 49.1. The average Bonchev–Trinajstić information content (AvgIpc) is 3.46. The Balaban J connectivity index is 1.08. The van der Waals surface area contributed by atoms with E-state index in [1.54, 1.807) is 7.41 Å². The molecule has 4 bridgehead atoms. The number of aliphatic hydroxyl groups excluding tert-OH is 3. The fourth-order valence-electron chi connectivity index (χ4n) is 8.06. The minimum Gasteiger partial charge on any atom is -0.388 e. The zero-order valence-corrected chi connectivity index (χ0v) is 25.4. The summed E-state index contributed by atoms with van der Waals surface area (Å²) in [6.45, 7) is -0.108. The third-order valence-corrected chi connectivity index (χ3v) is 11.0. The van der Waals surface area contributed by atoms with Gasteiger partial charge in [-0.15, -0.1) is 21.3 Å².